The number of piperidine rings is 1. The average molecular weight is 383 g/mol. The largest absolute Gasteiger partial charge is 0.472 e. The smallest absolute Gasteiger partial charge is 0.116 e. The molecule has 1 fully saturated rings. The highest BCUT2D eigenvalue weighted by Crippen LogP contribution is 2.35. The van der Waals surface area contributed by atoms with Gasteiger partial charge in [0.15, 0.2) is 0 Å². The predicted octanol–water partition coefficient (Wildman–Crippen LogP) is 4.83. The average Bonchev–Trinajstić information content (AvgIpc) is 3.52. The normalized spacial score (nSPS) is 15.4. The molecule has 5 aromatic rings. The Morgan fingerprint density at radius 2 is 1.90 bits per heavy atom. The van der Waals surface area contributed by atoms with Crippen LogP contribution >= 0.6 is 0 Å². The Morgan fingerprint density at radius 1 is 0.966 bits per heavy atom. The molecular formula is C23H21N5O. The maximum absolute atomic E-state index is 5.27. The molecule has 29 heavy (non-hydrogen) atoms. The van der Waals surface area contributed by atoms with Crippen LogP contribution in [0.2, 0.25) is 0 Å². The second kappa shape index (κ2) is 6.60. The molecule has 5 heterocycles. The number of H-pyrrole nitrogens is 2. The molecule has 0 atom stereocenters. The Kier molecular flexibility index (Phi) is 3.77. The van der Waals surface area contributed by atoms with Gasteiger partial charge in [0.05, 0.1) is 35.5 Å². The van der Waals surface area contributed by atoms with Crippen LogP contribution in [0.3, 0.4) is 0 Å². The van der Waals surface area contributed by atoms with Crippen LogP contribution in [0.5, 0.6) is 0 Å². The highest BCUT2D eigenvalue weighted by Gasteiger charge is 2.18. The monoisotopic (exact) mass is 383 g/mol. The maximum atomic E-state index is 5.27. The third-order valence-electron chi connectivity index (χ3n) is 6.03. The molecule has 1 aromatic carbocycles. The molecule has 1 aliphatic heterocycles. The van der Waals surface area contributed by atoms with Crippen LogP contribution in [-0.2, 0) is 0 Å². The van der Waals surface area contributed by atoms with Crippen LogP contribution in [0.4, 0.5) is 0 Å². The summed E-state index contributed by atoms with van der Waals surface area (Å²) in [5.74, 6) is 0.614. The van der Waals surface area contributed by atoms with Crippen LogP contribution in [0, 0.1) is 0 Å². The van der Waals surface area contributed by atoms with Crippen LogP contribution in [0.1, 0.15) is 24.3 Å². The number of fused-ring (bicyclic) bond motifs is 2. The van der Waals surface area contributed by atoms with Crippen LogP contribution in [-0.4, -0.2) is 33.3 Å². The summed E-state index contributed by atoms with van der Waals surface area (Å²) in [4.78, 5) is 7.90. The first-order valence-corrected chi connectivity index (χ1v) is 10.1. The van der Waals surface area contributed by atoms with Crippen LogP contribution < -0.4 is 5.32 Å². The summed E-state index contributed by atoms with van der Waals surface area (Å²) in [5.41, 5.74) is 7.46. The second-order valence-electron chi connectivity index (χ2n) is 7.74. The number of nitrogens with zero attached hydrogens (tertiary/aromatic N) is 2. The zero-order valence-corrected chi connectivity index (χ0v) is 15.9. The minimum atomic E-state index is 0.614. The van der Waals surface area contributed by atoms with Crippen molar-refractivity contribution >= 4 is 21.8 Å². The number of nitrogens with one attached hydrogen (secondary N) is 3. The number of pyridine rings is 1. The molecule has 0 aliphatic carbocycles. The second-order valence-corrected chi connectivity index (χ2v) is 7.74. The lowest BCUT2D eigenvalue weighted by Crippen LogP contribution is -2.26. The maximum Gasteiger partial charge on any atom is 0.116 e. The number of aromatic amines is 2. The standard InChI is InChI=1S/C23H21N5O/c1-2-20-18(9-15(1)14-3-6-24-7-4-14)23(28-27-20)21-10-17-19(16-5-8-29-13-16)11-25-12-22(17)26-21/h1-2,5,8-14,24,26H,3-4,6-7H2,(H,27,28). The topological polar surface area (TPSA) is 82.5 Å². The number of aromatic nitrogens is 4. The lowest BCUT2D eigenvalue weighted by atomic mass is 9.89. The summed E-state index contributed by atoms with van der Waals surface area (Å²) in [5, 5.41) is 13.5. The van der Waals surface area contributed by atoms with E-state index in [-0.39, 0.29) is 0 Å². The van der Waals surface area contributed by atoms with Gasteiger partial charge in [-0.15, -0.1) is 0 Å². The first kappa shape index (κ1) is 16.6. The van der Waals surface area contributed by atoms with E-state index in [9.17, 15) is 0 Å². The molecule has 1 saturated heterocycles. The zero-order chi connectivity index (χ0) is 19.2. The van der Waals surface area contributed by atoms with Gasteiger partial charge >= 0.3 is 0 Å². The first-order chi connectivity index (χ1) is 14.4. The molecule has 0 radical (unpaired) electrons. The number of rotatable bonds is 3. The van der Waals surface area contributed by atoms with Gasteiger partial charge in [0.1, 0.15) is 5.69 Å². The molecule has 6 nitrogen and oxygen atoms in total. The number of benzene rings is 1. The summed E-state index contributed by atoms with van der Waals surface area (Å²) < 4.78 is 5.27. The van der Waals surface area contributed by atoms with Crippen molar-refractivity contribution in [2.24, 2.45) is 0 Å². The number of hydrogen-bond acceptors (Lipinski definition) is 4. The van der Waals surface area contributed by atoms with E-state index in [0.717, 1.165) is 57.4 Å². The lowest BCUT2D eigenvalue weighted by molar-refractivity contribution is 0.460. The highest BCUT2D eigenvalue weighted by atomic mass is 16.3. The van der Waals surface area contributed by atoms with Gasteiger partial charge in [0, 0.05) is 28.1 Å². The lowest BCUT2D eigenvalue weighted by Gasteiger charge is -2.23. The van der Waals surface area contributed by atoms with Crippen molar-refractivity contribution in [3.63, 3.8) is 0 Å². The molecule has 3 N–H and O–H groups in total. The fraction of sp³-hybridized carbons (Fsp3) is 0.217. The van der Waals surface area contributed by atoms with Gasteiger partial charge in [-0.05, 0) is 61.7 Å². The fourth-order valence-electron chi connectivity index (χ4n) is 4.47. The Hall–Kier alpha value is -3.38. The first-order valence-electron chi connectivity index (χ1n) is 10.1. The molecule has 1 aliphatic rings. The van der Waals surface area contributed by atoms with Crippen molar-refractivity contribution in [3.8, 4) is 22.5 Å². The Balaban J connectivity index is 1.48. The van der Waals surface area contributed by atoms with E-state index < -0.39 is 0 Å². The predicted molar refractivity (Wildman–Crippen MR) is 114 cm³/mol. The molecule has 0 unspecified atom stereocenters. The Morgan fingerprint density at radius 3 is 2.76 bits per heavy atom. The highest BCUT2D eigenvalue weighted by molar-refractivity contribution is 6.00. The van der Waals surface area contributed by atoms with E-state index in [1.54, 1.807) is 12.5 Å². The molecule has 0 saturated carbocycles. The Bertz CT molecular complexity index is 1290. The summed E-state index contributed by atoms with van der Waals surface area (Å²) in [6.45, 7) is 2.18. The van der Waals surface area contributed by atoms with Gasteiger partial charge in [-0.3, -0.25) is 10.1 Å². The summed E-state index contributed by atoms with van der Waals surface area (Å²) in [6.07, 6.45) is 9.54. The van der Waals surface area contributed by atoms with E-state index in [2.05, 4.69) is 49.7 Å². The molecule has 0 spiro atoms. The van der Waals surface area contributed by atoms with Gasteiger partial charge in [0.25, 0.3) is 0 Å². The quantitative estimate of drug-likeness (QED) is 0.417. The van der Waals surface area contributed by atoms with Crippen molar-refractivity contribution in [1.29, 1.82) is 0 Å². The number of hydrogen-bond donors (Lipinski definition) is 3. The van der Waals surface area contributed by atoms with Crippen molar-refractivity contribution in [3.05, 3.63) is 60.8 Å². The van der Waals surface area contributed by atoms with Gasteiger partial charge in [-0.25, -0.2) is 0 Å². The molecule has 6 rings (SSSR count). The Labute approximate surface area is 167 Å². The van der Waals surface area contributed by atoms with Crippen LogP contribution in [0.25, 0.3) is 44.3 Å². The summed E-state index contributed by atoms with van der Waals surface area (Å²) >= 11 is 0. The summed E-state index contributed by atoms with van der Waals surface area (Å²) in [6, 6.07) is 10.8. The van der Waals surface area contributed by atoms with Crippen molar-refractivity contribution < 1.29 is 4.42 Å². The fourth-order valence-corrected chi connectivity index (χ4v) is 4.47. The van der Waals surface area contributed by atoms with Gasteiger partial charge < -0.3 is 14.7 Å². The SMILES string of the molecule is c1cc(-c2cncc3[nH]c(-c4n[nH]c5ccc(C6CCNCC6)cc45)cc23)co1. The molecule has 0 bridgehead atoms. The van der Waals surface area contributed by atoms with E-state index in [4.69, 9.17) is 4.42 Å². The van der Waals surface area contributed by atoms with E-state index in [1.165, 1.54) is 18.4 Å². The van der Waals surface area contributed by atoms with Gasteiger partial charge in [-0.1, -0.05) is 6.07 Å². The van der Waals surface area contributed by atoms with Crippen LogP contribution in [0.15, 0.2) is 59.7 Å². The third kappa shape index (κ3) is 2.76. The summed E-state index contributed by atoms with van der Waals surface area (Å²) in [7, 11) is 0. The molecule has 144 valence electrons. The minimum absolute atomic E-state index is 0.614. The minimum Gasteiger partial charge on any atom is -0.472 e. The molecular weight excluding hydrogens is 362 g/mol. The third-order valence-corrected chi connectivity index (χ3v) is 6.03. The van der Waals surface area contributed by atoms with Crippen molar-refractivity contribution in [2.75, 3.05) is 13.1 Å². The van der Waals surface area contributed by atoms with Gasteiger partial charge in [-0.2, -0.15) is 5.10 Å². The molecule has 6 heteroatoms. The number of furan rings is 1. The zero-order valence-electron chi connectivity index (χ0n) is 15.9. The molecule has 4 aromatic heterocycles. The molecule has 0 amide bonds. The van der Waals surface area contributed by atoms with Crippen molar-refractivity contribution in [1.82, 2.24) is 25.5 Å². The van der Waals surface area contributed by atoms with E-state index >= 15 is 0 Å². The van der Waals surface area contributed by atoms with Crippen molar-refractivity contribution in [2.45, 2.75) is 18.8 Å². The van der Waals surface area contributed by atoms with E-state index in [0.29, 0.717) is 5.92 Å². The van der Waals surface area contributed by atoms with Gasteiger partial charge in [0.2, 0.25) is 0 Å². The van der Waals surface area contributed by atoms with E-state index in [1.807, 2.05) is 18.5 Å².